The monoisotopic (exact) mass is 275 g/mol. The summed E-state index contributed by atoms with van der Waals surface area (Å²) in [4.78, 5) is 19.6. The fourth-order valence-corrected chi connectivity index (χ4v) is 1.59. The lowest BCUT2D eigenvalue weighted by molar-refractivity contribution is -0.116. The number of aromatic nitrogens is 2. The number of nitrogens with zero attached hydrogens (tertiary/aromatic N) is 2. The molecule has 0 bridgehead atoms. The van der Waals surface area contributed by atoms with E-state index in [-0.39, 0.29) is 11.7 Å². The van der Waals surface area contributed by atoms with Crippen molar-refractivity contribution in [2.24, 2.45) is 0 Å². The molecule has 1 amide bonds. The summed E-state index contributed by atoms with van der Waals surface area (Å²) in [6.45, 7) is 0. The Morgan fingerprint density at radius 3 is 2.50 bits per heavy atom. The van der Waals surface area contributed by atoms with E-state index in [0.717, 1.165) is 5.56 Å². The van der Waals surface area contributed by atoms with Crippen molar-refractivity contribution in [3.63, 3.8) is 0 Å². The number of rotatable bonds is 5. The average Bonchev–Trinajstić information content (AvgIpc) is 2.48. The van der Waals surface area contributed by atoms with Crippen molar-refractivity contribution in [3.05, 3.63) is 48.0 Å². The summed E-state index contributed by atoms with van der Waals surface area (Å²) in [5.41, 5.74) is 1.42. The summed E-state index contributed by atoms with van der Waals surface area (Å²) < 4.78 is 17.6. The Morgan fingerprint density at radius 2 is 1.90 bits per heavy atom. The van der Waals surface area contributed by atoms with Gasteiger partial charge in [-0.05, 0) is 36.2 Å². The van der Waals surface area contributed by atoms with Crippen molar-refractivity contribution in [1.82, 2.24) is 9.97 Å². The van der Waals surface area contributed by atoms with E-state index in [2.05, 4.69) is 15.3 Å². The van der Waals surface area contributed by atoms with Crippen LogP contribution in [0.4, 0.5) is 10.1 Å². The second kappa shape index (κ2) is 6.60. The highest BCUT2D eigenvalue weighted by Gasteiger charge is 2.04. The molecule has 0 fully saturated rings. The molecule has 2 rings (SSSR count). The summed E-state index contributed by atoms with van der Waals surface area (Å²) in [5.74, 6) is -0.481. The van der Waals surface area contributed by atoms with E-state index in [1.165, 1.54) is 31.4 Å². The number of nitrogens with one attached hydrogen (secondary N) is 1. The minimum Gasteiger partial charge on any atom is -0.467 e. The van der Waals surface area contributed by atoms with Crippen LogP contribution in [0.5, 0.6) is 6.01 Å². The molecule has 0 saturated heterocycles. The molecule has 0 saturated carbocycles. The second-order valence-electron chi connectivity index (χ2n) is 4.13. The second-order valence-corrected chi connectivity index (χ2v) is 4.13. The van der Waals surface area contributed by atoms with Crippen LogP contribution in [-0.4, -0.2) is 23.0 Å². The smallest absolute Gasteiger partial charge is 0.316 e. The van der Waals surface area contributed by atoms with Crippen LogP contribution in [0.3, 0.4) is 0 Å². The largest absolute Gasteiger partial charge is 0.467 e. The maximum Gasteiger partial charge on any atom is 0.316 e. The standard InChI is InChI=1S/C14H14FN3O2/c1-20-14-16-8-10(9-17-14)2-7-13(19)18-12-5-3-11(15)4-6-12/h3-6,8-9H,2,7H2,1H3,(H,18,19). The number of aryl methyl sites for hydroxylation is 1. The zero-order valence-corrected chi connectivity index (χ0v) is 11.0. The molecule has 1 N–H and O–H groups in total. The Balaban J connectivity index is 1.83. The Labute approximate surface area is 115 Å². The van der Waals surface area contributed by atoms with Crippen LogP contribution in [-0.2, 0) is 11.2 Å². The van der Waals surface area contributed by atoms with Gasteiger partial charge in [-0.2, -0.15) is 0 Å². The van der Waals surface area contributed by atoms with Gasteiger partial charge in [0, 0.05) is 24.5 Å². The number of hydrogen-bond donors (Lipinski definition) is 1. The van der Waals surface area contributed by atoms with E-state index >= 15 is 0 Å². The molecule has 1 aromatic heterocycles. The quantitative estimate of drug-likeness (QED) is 0.908. The van der Waals surface area contributed by atoms with Crippen molar-refractivity contribution in [2.75, 3.05) is 12.4 Å². The Bertz CT molecular complexity index is 570. The molecule has 0 spiro atoms. The fraction of sp³-hybridized carbons (Fsp3) is 0.214. The minimum atomic E-state index is -0.335. The van der Waals surface area contributed by atoms with Gasteiger partial charge in [0.2, 0.25) is 5.91 Å². The highest BCUT2D eigenvalue weighted by Crippen LogP contribution is 2.10. The van der Waals surface area contributed by atoms with Crippen molar-refractivity contribution in [3.8, 4) is 6.01 Å². The molecule has 1 heterocycles. The number of amides is 1. The van der Waals surface area contributed by atoms with E-state index in [9.17, 15) is 9.18 Å². The van der Waals surface area contributed by atoms with Crippen molar-refractivity contribution < 1.29 is 13.9 Å². The SMILES string of the molecule is COc1ncc(CCC(=O)Nc2ccc(F)cc2)cn1. The highest BCUT2D eigenvalue weighted by atomic mass is 19.1. The third-order valence-electron chi connectivity index (χ3n) is 2.63. The van der Waals surface area contributed by atoms with Crippen LogP contribution in [0, 0.1) is 5.82 Å². The van der Waals surface area contributed by atoms with Gasteiger partial charge < -0.3 is 10.1 Å². The lowest BCUT2D eigenvalue weighted by Crippen LogP contribution is -2.12. The van der Waals surface area contributed by atoms with Gasteiger partial charge in [0.05, 0.1) is 7.11 Å². The lowest BCUT2D eigenvalue weighted by atomic mass is 10.2. The zero-order chi connectivity index (χ0) is 14.4. The van der Waals surface area contributed by atoms with Crippen LogP contribution in [0.15, 0.2) is 36.7 Å². The van der Waals surface area contributed by atoms with Gasteiger partial charge in [0.15, 0.2) is 0 Å². The molecule has 104 valence electrons. The first-order valence-electron chi connectivity index (χ1n) is 6.07. The molecule has 0 unspecified atom stereocenters. The van der Waals surface area contributed by atoms with Crippen LogP contribution in [0.25, 0.3) is 0 Å². The highest BCUT2D eigenvalue weighted by molar-refractivity contribution is 5.90. The normalized spacial score (nSPS) is 10.1. The fourth-order valence-electron chi connectivity index (χ4n) is 1.59. The molecule has 0 radical (unpaired) electrons. The van der Waals surface area contributed by atoms with Gasteiger partial charge in [-0.15, -0.1) is 0 Å². The molecule has 0 atom stereocenters. The topological polar surface area (TPSA) is 64.1 Å². The Kier molecular flexibility index (Phi) is 4.60. The Morgan fingerprint density at radius 1 is 1.25 bits per heavy atom. The van der Waals surface area contributed by atoms with Crippen molar-refractivity contribution >= 4 is 11.6 Å². The van der Waals surface area contributed by atoms with E-state index in [1.807, 2.05) is 0 Å². The maximum atomic E-state index is 12.7. The molecule has 6 heteroatoms. The van der Waals surface area contributed by atoms with Crippen molar-refractivity contribution in [1.29, 1.82) is 0 Å². The van der Waals surface area contributed by atoms with E-state index in [1.54, 1.807) is 12.4 Å². The molecule has 0 aliphatic carbocycles. The number of carbonyl (C=O) groups excluding carboxylic acids is 1. The molecular weight excluding hydrogens is 261 g/mol. The number of anilines is 1. The van der Waals surface area contributed by atoms with Gasteiger partial charge in [0.1, 0.15) is 5.82 Å². The third-order valence-corrected chi connectivity index (χ3v) is 2.63. The number of benzene rings is 1. The summed E-state index contributed by atoms with van der Waals surface area (Å²) in [6, 6.07) is 5.93. The van der Waals surface area contributed by atoms with Gasteiger partial charge in [-0.25, -0.2) is 14.4 Å². The van der Waals surface area contributed by atoms with Gasteiger partial charge >= 0.3 is 6.01 Å². The number of halogens is 1. The summed E-state index contributed by atoms with van der Waals surface area (Å²) in [5, 5.41) is 2.69. The number of methoxy groups -OCH3 is 1. The molecule has 1 aromatic carbocycles. The third kappa shape index (κ3) is 4.01. The number of hydrogen-bond acceptors (Lipinski definition) is 4. The number of carbonyl (C=O) groups is 1. The summed E-state index contributed by atoms with van der Waals surface area (Å²) in [6.07, 6.45) is 4.07. The predicted molar refractivity (Wildman–Crippen MR) is 71.9 cm³/mol. The number of ether oxygens (including phenoxy) is 1. The predicted octanol–water partition coefficient (Wildman–Crippen LogP) is 2.20. The van der Waals surface area contributed by atoms with Crippen LogP contribution in [0.1, 0.15) is 12.0 Å². The first-order chi connectivity index (χ1) is 9.67. The average molecular weight is 275 g/mol. The van der Waals surface area contributed by atoms with Crippen LogP contribution < -0.4 is 10.1 Å². The molecule has 2 aromatic rings. The van der Waals surface area contributed by atoms with Crippen molar-refractivity contribution in [2.45, 2.75) is 12.8 Å². The van der Waals surface area contributed by atoms with E-state index < -0.39 is 0 Å². The van der Waals surface area contributed by atoms with E-state index in [4.69, 9.17) is 4.74 Å². The zero-order valence-electron chi connectivity index (χ0n) is 11.0. The van der Waals surface area contributed by atoms with Gasteiger partial charge in [0.25, 0.3) is 0 Å². The van der Waals surface area contributed by atoms with Gasteiger partial charge in [-0.1, -0.05) is 0 Å². The Hall–Kier alpha value is -2.50. The first kappa shape index (κ1) is 13.9. The minimum absolute atomic E-state index is 0.146. The molecular formula is C14H14FN3O2. The van der Waals surface area contributed by atoms with Crippen LogP contribution in [0.2, 0.25) is 0 Å². The summed E-state index contributed by atoms with van der Waals surface area (Å²) >= 11 is 0. The lowest BCUT2D eigenvalue weighted by Gasteiger charge is -2.05. The molecule has 5 nitrogen and oxygen atoms in total. The molecule has 0 aliphatic heterocycles. The molecule has 20 heavy (non-hydrogen) atoms. The first-order valence-corrected chi connectivity index (χ1v) is 6.07. The van der Waals surface area contributed by atoms with Gasteiger partial charge in [-0.3, -0.25) is 4.79 Å². The molecule has 0 aliphatic rings. The maximum absolute atomic E-state index is 12.7. The summed E-state index contributed by atoms with van der Waals surface area (Å²) in [7, 11) is 1.49. The van der Waals surface area contributed by atoms with E-state index in [0.29, 0.717) is 24.5 Å². The van der Waals surface area contributed by atoms with Crippen LogP contribution >= 0.6 is 0 Å².